The molecule has 3 aromatic carbocycles. The second-order valence-electron chi connectivity index (χ2n) is 9.63. The Kier molecular flexibility index (Phi) is 7.44. The molecule has 2 unspecified atom stereocenters. The summed E-state index contributed by atoms with van der Waals surface area (Å²) in [7, 11) is -4.22. The van der Waals surface area contributed by atoms with Gasteiger partial charge in [0.1, 0.15) is 10.9 Å². The number of rotatable bonds is 5. The maximum absolute atomic E-state index is 13.9. The fourth-order valence-corrected chi connectivity index (χ4v) is 8.11. The van der Waals surface area contributed by atoms with Crippen molar-refractivity contribution in [3.63, 3.8) is 0 Å². The van der Waals surface area contributed by atoms with E-state index < -0.39 is 21.7 Å². The van der Waals surface area contributed by atoms with Crippen LogP contribution in [0.15, 0.2) is 76.1 Å². The molecule has 0 spiro atoms. The van der Waals surface area contributed by atoms with Crippen molar-refractivity contribution < 1.29 is 18.3 Å². The number of benzene rings is 3. The number of halogens is 3. The Balaban J connectivity index is 1.45. The molecule has 0 aliphatic carbocycles. The standard InChI is InChI=1S/C27H25BrCl2N2O4S/c28-21-10-8-18(9-11-21)15-27(34)12-13-31(17-27)26(33)24-14-19-4-1-2-5-20(19)16-32(24)37(35,36)25-22(29)6-3-7-23(25)30/h1-11,24,34H,12-17H2. The number of sulfonamides is 1. The zero-order chi connectivity index (χ0) is 26.4. The third-order valence-electron chi connectivity index (χ3n) is 7.07. The van der Waals surface area contributed by atoms with Crippen LogP contribution in [0.4, 0.5) is 0 Å². The molecule has 0 aromatic heterocycles. The number of amides is 1. The largest absolute Gasteiger partial charge is 0.388 e. The third-order valence-corrected chi connectivity index (χ3v) is 10.4. The van der Waals surface area contributed by atoms with Crippen LogP contribution in [0.2, 0.25) is 10.0 Å². The molecule has 3 aromatic rings. The van der Waals surface area contributed by atoms with Crippen LogP contribution in [0.1, 0.15) is 23.1 Å². The molecular formula is C27H25BrCl2N2O4S. The monoisotopic (exact) mass is 622 g/mol. The number of carbonyl (C=O) groups is 1. The van der Waals surface area contributed by atoms with E-state index in [0.717, 1.165) is 21.2 Å². The number of hydrogen-bond donors (Lipinski definition) is 1. The minimum Gasteiger partial charge on any atom is -0.388 e. The molecule has 1 amide bonds. The molecule has 0 radical (unpaired) electrons. The predicted molar refractivity (Wildman–Crippen MR) is 147 cm³/mol. The average molecular weight is 624 g/mol. The number of hydrogen-bond acceptors (Lipinski definition) is 4. The van der Waals surface area contributed by atoms with Gasteiger partial charge in [0.05, 0.1) is 15.6 Å². The van der Waals surface area contributed by atoms with Crippen molar-refractivity contribution in [2.24, 2.45) is 0 Å². The van der Waals surface area contributed by atoms with E-state index in [1.54, 1.807) is 11.0 Å². The fourth-order valence-electron chi connectivity index (χ4n) is 5.19. The van der Waals surface area contributed by atoms with Gasteiger partial charge in [0.15, 0.2) is 0 Å². The van der Waals surface area contributed by atoms with Gasteiger partial charge in [0.2, 0.25) is 15.9 Å². The van der Waals surface area contributed by atoms with Crippen LogP contribution >= 0.6 is 39.1 Å². The zero-order valence-electron chi connectivity index (χ0n) is 19.8. The lowest BCUT2D eigenvalue weighted by Crippen LogP contribution is -2.53. The molecule has 10 heteroatoms. The van der Waals surface area contributed by atoms with Gasteiger partial charge in [-0.3, -0.25) is 4.79 Å². The van der Waals surface area contributed by atoms with Gasteiger partial charge in [-0.05, 0) is 53.8 Å². The van der Waals surface area contributed by atoms with Gasteiger partial charge in [0.25, 0.3) is 0 Å². The Bertz CT molecular complexity index is 1430. The van der Waals surface area contributed by atoms with Gasteiger partial charge in [-0.1, -0.05) is 81.6 Å². The number of fused-ring (bicyclic) bond motifs is 1. The highest BCUT2D eigenvalue weighted by atomic mass is 79.9. The van der Waals surface area contributed by atoms with Crippen molar-refractivity contribution in [2.45, 2.75) is 42.3 Å². The van der Waals surface area contributed by atoms with Crippen LogP contribution in [-0.4, -0.2) is 53.4 Å². The lowest BCUT2D eigenvalue weighted by atomic mass is 9.93. The van der Waals surface area contributed by atoms with Gasteiger partial charge in [0, 0.05) is 30.5 Å². The number of β-amino-alcohol motifs (C(OH)–C–C–N with tert-alkyl or cyclic N) is 1. The van der Waals surface area contributed by atoms with E-state index in [1.807, 2.05) is 48.5 Å². The summed E-state index contributed by atoms with van der Waals surface area (Å²) in [5.74, 6) is -0.340. The molecule has 5 rings (SSSR count). The fraction of sp³-hybridized carbons (Fsp3) is 0.296. The Morgan fingerprint density at radius 1 is 1.00 bits per heavy atom. The summed E-state index contributed by atoms with van der Waals surface area (Å²) in [5, 5.41) is 11.3. The minimum absolute atomic E-state index is 0.00241. The highest BCUT2D eigenvalue weighted by Gasteiger charge is 2.46. The summed E-state index contributed by atoms with van der Waals surface area (Å²) in [6.45, 7) is 0.485. The molecule has 194 valence electrons. The van der Waals surface area contributed by atoms with E-state index >= 15 is 0 Å². The molecule has 2 aliphatic heterocycles. The SMILES string of the molecule is O=C(C1Cc2ccccc2CN1S(=O)(=O)c1c(Cl)cccc1Cl)N1CCC(O)(Cc2ccc(Br)cc2)C1. The molecular weight excluding hydrogens is 599 g/mol. The van der Waals surface area contributed by atoms with Crippen molar-refractivity contribution in [1.29, 1.82) is 0 Å². The Labute approximate surface area is 235 Å². The molecule has 2 atom stereocenters. The molecule has 2 aliphatic rings. The van der Waals surface area contributed by atoms with E-state index in [-0.39, 0.29) is 40.4 Å². The average Bonchev–Trinajstić information content (AvgIpc) is 3.25. The molecule has 1 N–H and O–H groups in total. The van der Waals surface area contributed by atoms with Gasteiger partial charge in [-0.2, -0.15) is 4.31 Å². The minimum atomic E-state index is -4.22. The predicted octanol–water partition coefficient (Wildman–Crippen LogP) is 5.08. The van der Waals surface area contributed by atoms with Crippen LogP contribution in [0.25, 0.3) is 0 Å². The highest BCUT2D eigenvalue weighted by Crippen LogP contribution is 2.37. The van der Waals surface area contributed by atoms with Crippen molar-refractivity contribution >= 4 is 55.1 Å². The Morgan fingerprint density at radius 2 is 1.65 bits per heavy atom. The normalized spacial score (nSPS) is 22.2. The van der Waals surface area contributed by atoms with Gasteiger partial charge in [-0.25, -0.2) is 8.42 Å². The molecule has 0 bridgehead atoms. The smallest absolute Gasteiger partial charge is 0.247 e. The van der Waals surface area contributed by atoms with Gasteiger partial charge in [-0.15, -0.1) is 0 Å². The summed E-state index contributed by atoms with van der Waals surface area (Å²) >= 11 is 16.0. The van der Waals surface area contributed by atoms with E-state index in [1.165, 1.54) is 16.4 Å². The molecule has 1 fully saturated rings. The Morgan fingerprint density at radius 3 is 2.32 bits per heavy atom. The first kappa shape index (κ1) is 26.7. The quantitative estimate of drug-likeness (QED) is 0.430. The zero-order valence-corrected chi connectivity index (χ0v) is 23.7. The Hall–Kier alpha value is -1.94. The van der Waals surface area contributed by atoms with Gasteiger partial charge < -0.3 is 10.0 Å². The summed E-state index contributed by atoms with van der Waals surface area (Å²) in [6, 6.07) is 18.7. The molecule has 6 nitrogen and oxygen atoms in total. The van der Waals surface area contributed by atoms with Crippen LogP contribution < -0.4 is 0 Å². The summed E-state index contributed by atoms with van der Waals surface area (Å²) < 4.78 is 29.9. The number of carbonyl (C=O) groups excluding carboxylic acids is 1. The second-order valence-corrected chi connectivity index (χ2v) is 13.2. The summed E-state index contributed by atoms with van der Waals surface area (Å²) in [5.41, 5.74) is 1.61. The van der Waals surface area contributed by atoms with E-state index in [0.29, 0.717) is 19.4 Å². The van der Waals surface area contributed by atoms with Crippen molar-refractivity contribution in [1.82, 2.24) is 9.21 Å². The summed E-state index contributed by atoms with van der Waals surface area (Å²) in [4.78, 5) is 15.3. The topological polar surface area (TPSA) is 77.9 Å². The maximum atomic E-state index is 13.9. The van der Waals surface area contributed by atoms with Crippen LogP contribution in [0.3, 0.4) is 0 Å². The van der Waals surface area contributed by atoms with Crippen molar-refractivity contribution in [3.8, 4) is 0 Å². The van der Waals surface area contributed by atoms with E-state index in [4.69, 9.17) is 23.2 Å². The first-order valence-corrected chi connectivity index (χ1v) is 14.8. The van der Waals surface area contributed by atoms with E-state index in [2.05, 4.69) is 15.9 Å². The van der Waals surface area contributed by atoms with Gasteiger partial charge >= 0.3 is 0 Å². The summed E-state index contributed by atoms with van der Waals surface area (Å²) in [6.07, 6.45) is 1.02. The van der Waals surface area contributed by atoms with Crippen LogP contribution in [-0.2, 0) is 34.2 Å². The first-order valence-electron chi connectivity index (χ1n) is 11.9. The van der Waals surface area contributed by atoms with Crippen LogP contribution in [0, 0.1) is 0 Å². The van der Waals surface area contributed by atoms with Crippen molar-refractivity contribution in [2.75, 3.05) is 13.1 Å². The lowest BCUT2D eigenvalue weighted by Gasteiger charge is -2.37. The third kappa shape index (κ3) is 5.33. The van der Waals surface area contributed by atoms with Crippen LogP contribution in [0.5, 0.6) is 0 Å². The number of aliphatic hydroxyl groups is 1. The molecule has 1 saturated heterocycles. The van der Waals surface area contributed by atoms with Crippen molar-refractivity contribution in [3.05, 3.63) is 97.9 Å². The maximum Gasteiger partial charge on any atom is 0.247 e. The highest BCUT2D eigenvalue weighted by molar-refractivity contribution is 9.10. The molecule has 37 heavy (non-hydrogen) atoms. The first-order chi connectivity index (χ1) is 17.6. The second kappa shape index (κ2) is 10.3. The lowest BCUT2D eigenvalue weighted by molar-refractivity contribution is -0.135. The molecule has 0 saturated carbocycles. The molecule has 2 heterocycles. The number of nitrogens with zero attached hydrogens (tertiary/aromatic N) is 2. The number of likely N-dealkylation sites (tertiary alicyclic amines) is 1. The van der Waals surface area contributed by atoms with E-state index in [9.17, 15) is 18.3 Å².